The molecule has 0 radical (unpaired) electrons. The summed E-state index contributed by atoms with van der Waals surface area (Å²) in [6.45, 7) is 4.05. The fourth-order valence-electron chi connectivity index (χ4n) is 2.45. The molecule has 0 bridgehead atoms. The maximum Gasteiger partial charge on any atom is 0.143 e. The van der Waals surface area contributed by atoms with Crippen LogP contribution in [0.3, 0.4) is 0 Å². The van der Waals surface area contributed by atoms with E-state index >= 15 is 0 Å². The van der Waals surface area contributed by atoms with Crippen LogP contribution in [0.4, 0.5) is 5.82 Å². The number of aromatic nitrogens is 3. The predicted molar refractivity (Wildman–Crippen MR) is 82.5 cm³/mol. The highest BCUT2D eigenvalue weighted by Crippen LogP contribution is 2.27. The standard InChI is InChI=1S/C12H17N5.2ClH/c1-8-6-14-11-10(8)12(16-7-15-11)17-4-2-9(13)3-5-17;;/h6-7,9H,2-5,13H2,1H3,(H,14,15,16);2*1H. The molecule has 2 aromatic rings. The molecule has 1 fully saturated rings. The average molecular weight is 304 g/mol. The second-order valence-electron chi connectivity index (χ2n) is 4.72. The zero-order valence-corrected chi connectivity index (χ0v) is 12.4. The van der Waals surface area contributed by atoms with Crippen LogP contribution in [0.25, 0.3) is 11.0 Å². The van der Waals surface area contributed by atoms with E-state index in [4.69, 9.17) is 5.73 Å². The second-order valence-corrected chi connectivity index (χ2v) is 4.72. The molecule has 1 aliphatic rings. The number of H-pyrrole nitrogens is 1. The molecular formula is C12H19Cl2N5. The summed E-state index contributed by atoms with van der Waals surface area (Å²) in [5.41, 5.74) is 8.05. The Balaban J connectivity index is 0.000000902. The number of nitrogens with zero attached hydrogens (tertiary/aromatic N) is 3. The number of hydrogen-bond acceptors (Lipinski definition) is 4. The average Bonchev–Trinajstić information content (AvgIpc) is 2.73. The molecule has 0 aromatic carbocycles. The molecule has 19 heavy (non-hydrogen) atoms. The fraction of sp³-hybridized carbons (Fsp3) is 0.500. The molecule has 7 heteroatoms. The Kier molecular flexibility index (Phi) is 5.40. The Morgan fingerprint density at radius 3 is 2.63 bits per heavy atom. The van der Waals surface area contributed by atoms with E-state index < -0.39 is 0 Å². The van der Waals surface area contributed by atoms with Gasteiger partial charge in [-0.1, -0.05) is 0 Å². The summed E-state index contributed by atoms with van der Waals surface area (Å²) >= 11 is 0. The summed E-state index contributed by atoms with van der Waals surface area (Å²) < 4.78 is 0. The molecule has 0 atom stereocenters. The van der Waals surface area contributed by atoms with Crippen molar-refractivity contribution in [3.05, 3.63) is 18.1 Å². The maximum atomic E-state index is 5.93. The third-order valence-electron chi connectivity index (χ3n) is 3.49. The first-order valence-electron chi connectivity index (χ1n) is 6.05. The first kappa shape index (κ1) is 16.0. The van der Waals surface area contributed by atoms with Crippen LogP contribution in [0.2, 0.25) is 0 Å². The molecule has 1 aliphatic heterocycles. The van der Waals surface area contributed by atoms with Gasteiger partial charge in [0.15, 0.2) is 0 Å². The van der Waals surface area contributed by atoms with Gasteiger partial charge >= 0.3 is 0 Å². The van der Waals surface area contributed by atoms with Crippen LogP contribution in [0.5, 0.6) is 0 Å². The van der Waals surface area contributed by atoms with Gasteiger partial charge in [0.05, 0.1) is 5.39 Å². The quantitative estimate of drug-likeness (QED) is 0.846. The van der Waals surface area contributed by atoms with Gasteiger partial charge in [-0.25, -0.2) is 9.97 Å². The summed E-state index contributed by atoms with van der Waals surface area (Å²) in [7, 11) is 0. The zero-order chi connectivity index (χ0) is 11.8. The van der Waals surface area contributed by atoms with Gasteiger partial charge < -0.3 is 15.6 Å². The van der Waals surface area contributed by atoms with Crippen molar-refractivity contribution in [3.8, 4) is 0 Å². The van der Waals surface area contributed by atoms with Crippen molar-refractivity contribution in [2.45, 2.75) is 25.8 Å². The summed E-state index contributed by atoms with van der Waals surface area (Å²) in [6.07, 6.45) is 5.69. The van der Waals surface area contributed by atoms with Gasteiger partial charge in [0, 0.05) is 25.3 Å². The van der Waals surface area contributed by atoms with Crippen molar-refractivity contribution >= 4 is 41.7 Å². The lowest BCUT2D eigenvalue weighted by molar-refractivity contribution is 0.499. The number of fused-ring (bicyclic) bond motifs is 1. The topological polar surface area (TPSA) is 70.8 Å². The monoisotopic (exact) mass is 303 g/mol. The molecular weight excluding hydrogens is 285 g/mol. The van der Waals surface area contributed by atoms with E-state index in [9.17, 15) is 0 Å². The number of nitrogens with two attached hydrogens (primary N) is 1. The third kappa shape index (κ3) is 2.94. The SMILES string of the molecule is Cc1c[nH]c2ncnc(N3CCC(N)CC3)c12.Cl.Cl. The first-order valence-corrected chi connectivity index (χ1v) is 6.05. The second kappa shape index (κ2) is 6.41. The molecule has 0 saturated carbocycles. The molecule has 0 aliphatic carbocycles. The van der Waals surface area contributed by atoms with Crippen LogP contribution in [-0.4, -0.2) is 34.1 Å². The minimum absolute atomic E-state index is 0. The van der Waals surface area contributed by atoms with Gasteiger partial charge in [-0.05, 0) is 25.3 Å². The van der Waals surface area contributed by atoms with E-state index in [0.717, 1.165) is 42.8 Å². The molecule has 3 rings (SSSR count). The Morgan fingerprint density at radius 2 is 1.95 bits per heavy atom. The Bertz CT molecular complexity index is 534. The van der Waals surface area contributed by atoms with Crippen LogP contribution >= 0.6 is 24.8 Å². The predicted octanol–water partition coefficient (Wildman–Crippen LogP) is 2.04. The Morgan fingerprint density at radius 1 is 1.26 bits per heavy atom. The Labute approximate surface area is 124 Å². The van der Waals surface area contributed by atoms with Crippen molar-refractivity contribution in [1.82, 2.24) is 15.0 Å². The van der Waals surface area contributed by atoms with Gasteiger partial charge in [-0.15, -0.1) is 24.8 Å². The van der Waals surface area contributed by atoms with Gasteiger partial charge in [0.1, 0.15) is 17.8 Å². The van der Waals surface area contributed by atoms with E-state index in [0.29, 0.717) is 6.04 Å². The smallest absolute Gasteiger partial charge is 0.143 e. The lowest BCUT2D eigenvalue weighted by atomic mass is 10.1. The number of aryl methyl sites for hydroxylation is 1. The first-order chi connectivity index (χ1) is 8.25. The lowest BCUT2D eigenvalue weighted by Gasteiger charge is -2.31. The molecule has 5 nitrogen and oxygen atoms in total. The van der Waals surface area contributed by atoms with Crippen LogP contribution < -0.4 is 10.6 Å². The van der Waals surface area contributed by atoms with Crippen molar-refractivity contribution in [2.75, 3.05) is 18.0 Å². The number of aromatic amines is 1. The summed E-state index contributed by atoms with van der Waals surface area (Å²) in [6, 6.07) is 0.343. The van der Waals surface area contributed by atoms with E-state index in [-0.39, 0.29) is 24.8 Å². The molecule has 0 spiro atoms. The number of nitrogens with one attached hydrogen (secondary N) is 1. The molecule has 106 valence electrons. The lowest BCUT2D eigenvalue weighted by Crippen LogP contribution is -2.40. The summed E-state index contributed by atoms with van der Waals surface area (Å²) in [4.78, 5) is 14.2. The highest BCUT2D eigenvalue weighted by molar-refractivity contribution is 5.90. The van der Waals surface area contributed by atoms with Crippen molar-refractivity contribution in [1.29, 1.82) is 0 Å². The van der Waals surface area contributed by atoms with Crippen molar-refractivity contribution in [3.63, 3.8) is 0 Å². The van der Waals surface area contributed by atoms with E-state index in [1.807, 2.05) is 6.20 Å². The normalized spacial score (nSPS) is 16.0. The van der Waals surface area contributed by atoms with Crippen LogP contribution in [0.1, 0.15) is 18.4 Å². The van der Waals surface area contributed by atoms with Gasteiger partial charge in [0.2, 0.25) is 0 Å². The molecule has 0 unspecified atom stereocenters. The van der Waals surface area contributed by atoms with Crippen LogP contribution in [0.15, 0.2) is 12.5 Å². The van der Waals surface area contributed by atoms with E-state index in [1.165, 1.54) is 5.56 Å². The minimum atomic E-state index is 0. The highest BCUT2D eigenvalue weighted by Gasteiger charge is 2.20. The molecule has 3 N–H and O–H groups in total. The number of piperidine rings is 1. The summed E-state index contributed by atoms with van der Waals surface area (Å²) in [5.74, 6) is 1.04. The fourth-order valence-corrected chi connectivity index (χ4v) is 2.45. The minimum Gasteiger partial charge on any atom is -0.356 e. The Hall–Kier alpha value is -1.04. The number of rotatable bonds is 1. The summed E-state index contributed by atoms with van der Waals surface area (Å²) in [5, 5.41) is 1.14. The molecule has 0 amide bonds. The highest BCUT2D eigenvalue weighted by atomic mass is 35.5. The van der Waals surface area contributed by atoms with E-state index in [1.54, 1.807) is 6.33 Å². The third-order valence-corrected chi connectivity index (χ3v) is 3.49. The zero-order valence-electron chi connectivity index (χ0n) is 10.8. The van der Waals surface area contributed by atoms with Crippen molar-refractivity contribution in [2.24, 2.45) is 5.73 Å². The van der Waals surface area contributed by atoms with Gasteiger partial charge in [0.25, 0.3) is 0 Å². The van der Waals surface area contributed by atoms with E-state index in [2.05, 4.69) is 26.8 Å². The number of halogens is 2. The molecule has 2 aromatic heterocycles. The number of hydrogen-bond donors (Lipinski definition) is 2. The van der Waals surface area contributed by atoms with Crippen molar-refractivity contribution < 1.29 is 0 Å². The van der Waals surface area contributed by atoms with Gasteiger partial charge in [-0.2, -0.15) is 0 Å². The largest absolute Gasteiger partial charge is 0.356 e. The number of anilines is 1. The molecule has 1 saturated heterocycles. The molecule has 3 heterocycles. The maximum absolute atomic E-state index is 5.93. The van der Waals surface area contributed by atoms with Gasteiger partial charge in [-0.3, -0.25) is 0 Å². The van der Waals surface area contributed by atoms with Crippen LogP contribution in [-0.2, 0) is 0 Å². The van der Waals surface area contributed by atoms with Crippen LogP contribution in [0, 0.1) is 6.92 Å².